The van der Waals surface area contributed by atoms with Gasteiger partial charge in [-0.05, 0) is 87.2 Å². The van der Waals surface area contributed by atoms with Crippen molar-refractivity contribution in [3.05, 3.63) is 89.5 Å². The molecule has 4 N–H and O–H groups in total. The van der Waals surface area contributed by atoms with Crippen LogP contribution in [0.5, 0.6) is 5.75 Å². The summed E-state index contributed by atoms with van der Waals surface area (Å²) in [6.45, 7) is 7.63. The molecule has 0 atom stereocenters. The first-order chi connectivity index (χ1) is 24.2. The second kappa shape index (κ2) is 16.2. The highest BCUT2D eigenvalue weighted by Gasteiger charge is 2.31. The molecule has 0 fully saturated rings. The average molecular weight is 708 g/mol. The third-order valence-corrected chi connectivity index (χ3v) is 7.53. The summed E-state index contributed by atoms with van der Waals surface area (Å²) in [6.07, 6.45) is 2.72. The van der Waals surface area contributed by atoms with Crippen molar-refractivity contribution < 1.29 is 37.0 Å². The minimum Gasteiger partial charge on any atom is -0.442 e. The van der Waals surface area contributed by atoms with E-state index in [-0.39, 0.29) is 12.2 Å². The van der Waals surface area contributed by atoms with Gasteiger partial charge in [-0.15, -0.1) is 13.2 Å². The number of nitrogens with zero attached hydrogens (tertiary/aromatic N) is 4. The zero-order valence-electron chi connectivity index (χ0n) is 28.5. The Kier molecular flexibility index (Phi) is 11.7. The van der Waals surface area contributed by atoms with Crippen LogP contribution in [0.2, 0.25) is 0 Å². The summed E-state index contributed by atoms with van der Waals surface area (Å²) in [6, 6.07) is 11.5. The van der Waals surface area contributed by atoms with Gasteiger partial charge in [-0.1, -0.05) is 12.1 Å². The number of halogens is 3. The van der Waals surface area contributed by atoms with Gasteiger partial charge in [0.1, 0.15) is 17.2 Å². The van der Waals surface area contributed by atoms with E-state index in [2.05, 4.69) is 25.5 Å². The van der Waals surface area contributed by atoms with E-state index in [4.69, 9.17) is 20.2 Å². The topological polar surface area (TPSA) is 156 Å². The number of anilines is 1. The molecule has 0 aliphatic rings. The van der Waals surface area contributed by atoms with E-state index < -0.39 is 24.0 Å². The maximum absolute atomic E-state index is 13.1. The maximum Gasteiger partial charge on any atom is 0.573 e. The highest BCUT2D eigenvalue weighted by atomic mass is 19.4. The molecule has 5 aromatic rings. The smallest absolute Gasteiger partial charge is 0.442 e. The van der Waals surface area contributed by atoms with Crippen molar-refractivity contribution in [3.63, 3.8) is 0 Å². The number of hydrogen-bond donors (Lipinski definition) is 3. The molecular weight excluding hydrogens is 667 g/mol. The van der Waals surface area contributed by atoms with Gasteiger partial charge in [-0.25, -0.2) is 9.78 Å². The van der Waals surface area contributed by atoms with E-state index in [0.29, 0.717) is 66.4 Å². The van der Waals surface area contributed by atoms with Crippen LogP contribution in [-0.2, 0) is 22.4 Å². The number of nitrogens with two attached hydrogens (primary N) is 1. The molecule has 0 saturated carbocycles. The molecule has 3 aromatic heterocycles. The summed E-state index contributed by atoms with van der Waals surface area (Å²) in [7, 11) is 0. The van der Waals surface area contributed by atoms with E-state index in [1.54, 1.807) is 51.4 Å². The first kappa shape index (κ1) is 37.0. The molecule has 12 nitrogen and oxygen atoms in total. The van der Waals surface area contributed by atoms with Gasteiger partial charge in [0, 0.05) is 66.4 Å². The van der Waals surface area contributed by atoms with Crippen molar-refractivity contribution in [2.75, 3.05) is 31.6 Å². The number of carbonyl (C=O) groups excluding carboxylic acids is 2. The number of alkyl halides is 3. The highest BCUT2D eigenvalue weighted by molar-refractivity contribution is 6.11. The summed E-state index contributed by atoms with van der Waals surface area (Å²) < 4.78 is 55.6. The fraction of sp³-hybridized carbons (Fsp3) is 0.361. The van der Waals surface area contributed by atoms with Crippen LogP contribution < -0.4 is 21.1 Å². The third kappa shape index (κ3) is 10.9. The fourth-order valence-corrected chi connectivity index (χ4v) is 5.39. The number of amides is 1. The van der Waals surface area contributed by atoms with Crippen LogP contribution in [0, 0.1) is 0 Å². The number of rotatable bonds is 15. The molecule has 0 saturated heterocycles. The molecule has 0 aliphatic heterocycles. The lowest BCUT2D eigenvalue weighted by Gasteiger charge is -2.18. The summed E-state index contributed by atoms with van der Waals surface area (Å²) in [5.41, 5.74) is 7.56. The number of benzene rings is 2. The monoisotopic (exact) mass is 707 g/mol. The van der Waals surface area contributed by atoms with Gasteiger partial charge in [0.25, 0.3) is 0 Å². The Labute approximate surface area is 292 Å². The van der Waals surface area contributed by atoms with E-state index in [9.17, 15) is 22.8 Å². The van der Waals surface area contributed by atoms with Gasteiger partial charge in [0.15, 0.2) is 0 Å². The number of ether oxygens (including phenoxy) is 3. The van der Waals surface area contributed by atoms with Crippen LogP contribution in [-0.4, -0.2) is 70.0 Å². The number of pyridine rings is 2. The maximum atomic E-state index is 13.1. The Morgan fingerprint density at radius 1 is 0.902 bits per heavy atom. The Morgan fingerprint density at radius 3 is 2.47 bits per heavy atom. The second-order valence-corrected chi connectivity index (χ2v) is 12.9. The molecule has 270 valence electrons. The van der Waals surface area contributed by atoms with Crippen molar-refractivity contribution >= 4 is 39.5 Å². The molecule has 15 heteroatoms. The number of aromatic nitrogens is 4. The minimum atomic E-state index is -4.84. The van der Waals surface area contributed by atoms with Crippen molar-refractivity contribution in [2.45, 2.75) is 58.5 Å². The predicted octanol–water partition coefficient (Wildman–Crippen LogP) is 6.35. The second-order valence-electron chi connectivity index (χ2n) is 12.9. The molecule has 5 rings (SSSR count). The zero-order valence-corrected chi connectivity index (χ0v) is 28.5. The molecule has 0 radical (unpaired) electrons. The third-order valence-electron chi connectivity index (χ3n) is 7.53. The summed E-state index contributed by atoms with van der Waals surface area (Å²) in [5.74, 6) is -0.198. The first-order valence-electron chi connectivity index (χ1n) is 16.4. The summed E-state index contributed by atoms with van der Waals surface area (Å²) in [5, 5.41) is 13.3. The standard InChI is InChI=1S/C36H40F3N7O5/c1-35(2,3)51-34(48)46-22-25(20-44-46)15-23-14-24(17-27(16-23)50-36(37,38)39)19-41-9-4-5-12-49-13-11-43-33-29-8-10-42-21-30(29)28-7-6-26(32(40)47)18-31(28)45-33/h6-8,10,14,16-18,20-22,41H,4-5,9,11-13,15,19H2,1-3H3,(H2,40,47)(H,43,45). The minimum absolute atomic E-state index is 0.234. The van der Waals surface area contributed by atoms with Gasteiger partial charge in [0.05, 0.1) is 18.3 Å². The summed E-state index contributed by atoms with van der Waals surface area (Å²) in [4.78, 5) is 32.9. The molecule has 0 spiro atoms. The van der Waals surface area contributed by atoms with E-state index in [1.807, 2.05) is 12.1 Å². The largest absolute Gasteiger partial charge is 0.573 e. The van der Waals surface area contributed by atoms with Gasteiger partial charge in [0.2, 0.25) is 5.91 Å². The average Bonchev–Trinajstić information content (AvgIpc) is 3.52. The quantitative estimate of drug-likeness (QED) is 0.0828. The molecule has 1 amide bonds. The van der Waals surface area contributed by atoms with Crippen molar-refractivity contribution in [1.82, 2.24) is 25.1 Å². The zero-order chi connectivity index (χ0) is 36.6. The number of hydrogen-bond acceptors (Lipinski definition) is 10. The lowest BCUT2D eigenvalue weighted by molar-refractivity contribution is -0.274. The summed E-state index contributed by atoms with van der Waals surface area (Å²) >= 11 is 0. The number of carbonyl (C=O) groups is 2. The lowest BCUT2D eigenvalue weighted by Crippen LogP contribution is -2.27. The number of fused-ring (bicyclic) bond motifs is 3. The Bertz CT molecular complexity index is 1990. The molecule has 0 bridgehead atoms. The predicted molar refractivity (Wildman–Crippen MR) is 186 cm³/mol. The number of nitrogens with one attached hydrogen (secondary N) is 2. The van der Waals surface area contributed by atoms with Gasteiger partial charge in [-0.2, -0.15) is 9.78 Å². The van der Waals surface area contributed by atoms with Gasteiger partial charge < -0.3 is 30.6 Å². The fourth-order valence-electron chi connectivity index (χ4n) is 5.39. The van der Waals surface area contributed by atoms with Gasteiger partial charge in [-0.3, -0.25) is 9.78 Å². The lowest BCUT2D eigenvalue weighted by atomic mass is 10.0. The SMILES string of the molecule is CC(C)(C)OC(=O)n1cc(Cc2cc(CNCCCCOCCNc3nc4cc(C(N)=O)ccc4c4cnccc34)cc(OC(F)(F)F)c2)cn1. The van der Waals surface area contributed by atoms with Crippen LogP contribution in [0.25, 0.3) is 21.7 Å². The Balaban J connectivity index is 1.07. The van der Waals surface area contributed by atoms with Crippen LogP contribution >= 0.6 is 0 Å². The Morgan fingerprint density at radius 2 is 1.71 bits per heavy atom. The normalized spacial score (nSPS) is 12.0. The van der Waals surface area contributed by atoms with Crippen molar-refractivity contribution in [3.8, 4) is 5.75 Å². The molecule has 3 heterocycles. The highest BCUT2D eigenvalue weighted by Crippen LogP contribution is 2.29. The van der Waals surface area contributed by atoms with Crippen LogP contribution in [0.4, 0.5) is 23.8 Å². The van der Waals surface area contributed by atoms with Crippen molar-refractivity contribution in [1.29, 1.82) is 0 Å². The van der Waals surface area contributed by atoms with Crippen molar-refractivity contribution in [2.24, 2.45) is 5.73 Å². The molecular formula is C36H40F3N7O5. The van der Waals surface area contributed by atoms with Crippen LogP contribution in [0.3, 0.4) is 0 Å². The Hall–Kier alpha value is -5.28. The number of primary amides is 1. The van der Waals surface area contributed by atoms with Crippen LogP contribution in [0.1, 0.15) is 60.7 Å². The van der Waals surface area contributed by atoms with E-state index in [0.717, 1.165) is 33.7 Å². The van der Waals surface area contributed by atoms with Crippen LogP contribution in [0.15, 0.2) is 67.3 Å². The molecule has 51 heavy (non-hydrogen) atoms. The number of unbranched alkanes of at least 4 members (excludes halogenated alkanes) is 1. The molecule has 2 aromatic carbocycles. The van der Waals surface area contributed by atoms with Gasteiger partial charge >= 0.3 is 12.5 Å². The molecule has 0 unspecified atom stereocenters. The van der Waals surface area contributed by atoms with E-state index >= 15 is 0 Å². The van der Waals surface area contributed by atoms with E-state index in [1.165, 1.54) is 24.5 Å². The first-order valence-corrected chi connectivity index (χ1v) is 16.4. The molecule has 0 aliphatic carbocycles.